The second-order valence-corrected chi connectivity index (χ2v) is 7.55. The zero-order valence-corrected chi connectivity index (χ0v) is 13.7. The summed E-state index contributed by atoms with van der Waals surface area (Å²) in [7, 11) is 0. The van der Waals surface area contributed by atoms with Crippen molar-refractivity contribution in [1.82, 2.24) is 15.0 Å². The molecule has 22 heavy (non-hydrogen) atoms. The van der Waals surface area contributed by atoms with Gasteiger partial charge in [0.1, 0.15) is 0 Å². The largest absolute Gasteiger partial charge is 0.438 e. The predicted molar refractivity (Wildman–Crippen MR) is 84.9 cm³/mol. The average Bonchev–Trinajstić information content (AvgIpc) is 3.16. The first-order valence-electron chi connectivity index (χ1n) is 7.61. The van der Waals surface area contributed by atoms with Crippen LogP contribution >= 0.6 is 11.8 Å². The van der Waals surface area contributed by atoms with Crippen molar-refractivity contribution in [1.29, 1.82) is 0 Å². The van der Waals surface area contributed by atoms with Gasteiger partial charge in [0, 0.05) is 24.8 Å². The van der Waals surface area contributed by atoms with Gasteiger partial charge in [0.05, 0.1) is 5.41 Å². The van der Waals surface area contributed by atoms with Gasteiger partial charge in [-0.15, -0.1) is 0 Å². The third kappa shape index (κ3) is 2.86. The van der Waals surface area contributed by atoms with Crippen LogP contribution in [0.5, 0.6) is 0 Å². The van der Waals surface area contributed by atoms with Crippen LogP contribution < -0.4 is 5.76 Å². The van der Waals surface area contributed by atoms with E-state index >= 15 is 0 Å². The number of nitrogens with one attached hydrogen (secondary N) is 1. The van der Waals surface area contributed by atoms with Crippen molar-refractivity contribution in [2.45, 2.75) is 32.6 Å². The number of aromatic amines is 1. The van der Waals surface area contributed by atoms with Crippen molar-refractivity contribution in [3.05, 3.63) is 28.0 Å². The molecule has 3 rings (SSSR count). The van der Waals surface area contributed by atoms with Gasteiger partial charge >= 0.3 is 5.76 Å². The number of H-pyrrole nitrogens is 1. The molecule has 120 valence electrons. The summed E-state index contributed by atoms with van der Waals surface area (Å²) in [6.45, 7) is 5.32. The van der Waals surface area contributed by atoms with E-state index in [1.54, 1.807) is 0 Å². The molecular weight excluding hydrogens is 302 g/mol. The molecule has 6 nitrogen and oxygen atoms in total. The lowest BCUT2D eigenvalue weighted by Crippen LogP contribution is -2.41. The Bertz CT molecular complexity index is 646. The normalized spacial score (nSPS) is 22.7. The van der Waals surface area contributed by atoms with E-state index in [1.165, 1.54) is 5.57 Å². The molecule has 0 spiro atoms. The molecule has 1 amide bonds. The highest BCUT2D eigenvalue weighted by molar-refractivity contribution is 7.99. The van der Waals surface area contributed by atoms with E-state index in [0.717, 1.165) is 24.3 Å². The molecule has 1 unspecified atom stereocenters. The van der Waals surface area contributed by atoms with E-state index in [2.05, 4.69) is 20.7 Å². The van der Waals surface area contributed by atoms with Crippen LogP contribution in [0.4, 0.5) is 0 Å². The molecule has 1 aromatic rings. The highest BCUT2D eigenvalue weighted by Gasteiger charge is 2.39. The Morgan fingerprint density at radius 2 is 2.36 bits per heavy atom. The first-order valence-corrected chi connectivity index (χ1v) is 8.76. The maximum atomic E-state index is 12.9. The first-order chi connectivity index (χ1) is 10.5. The van der Waals surface area contributed by atoms with Gasteiger partial charge in [-0.05, 0) is 32.4 Å². The lowest BCUT2D eigenvalue weighted by molar-refractivity contribution is -0.137. The van der Waals surface area contributed by atoms with E-state index in [-0.39, 0.29) is 11.8 Å². The monoisotopic (exact) mass is 323 g/mol. The van der Waals surface area contributed by atoms with Crippen molar-refractivity contribution >= 4 is 17.7 Å². The number of likely N-dealkylation sites (tertiary alicyclic amines) is 1. The first kappa shape index (κ1) is 15.4. The van der Waals surface area contributed by atoms with Crippen molar-refractivity contribution in [3.63, 3.8) is 0 Å². The summed E-state index contributed by atoms with van der Waals surface area (Å²) in [4.78, 5) is 28.4. The Hall–Kier alpha value is -1.50. The minimum Gasteiger partial charge on any atom is -0.341 e. The number of thioether (sulfide) groups is 1. The van der Waals surface area contributed by atoms with Gasteiger partial charge in [0.2, 0.25) is 5.91 Å². The number of aromatic nitrogens is 2. The summed E-state index contributed by atoms with van der Waals surface area (Å²) in [5.74, 6) is 2.32. The van der Waals surface area contributed by atoms with Gasteiger partial charge in [0.15, 0.2) is 5.82 Å². The molecule has 7 heteroatoms. The zero-order valence-electron chi connectivity index (χ0n) is 12.9. The molecule has 0 aromatic carbocycles. The molecule has 2 aliphatic heterocycles. The number of nitrogens with zero attached hydrogens (tertiary/aromatic N) is 2. The summed E-state index contributed by atoms with van der Waals surface area (Å²) in [6, 6.07) is 0. The van der Waals surface area contributed by atoms with Crippen LogP contribution in [-0.2, 0) is 4.79 Å². The molecule has 0 aliphatic carbocycles. The highest BCUT2D eigenvalue weighted by Crippen LogP contribution is 2.37. The second-order valence-electron chi connectivity index (χ2n) is 6.40. The fraction of sp³-hybridized carbons (Fsp3) is 0.667. The van der Waals surface area contributed by atoms with Crippen LogP contribution in [0.2, 0.25) is 0 Å². The van der Waals surface area contributed by atoms with Crippen LogP contribution in [0, 0.1) is 5.41 Å². The number of amides is 1. The molecule has 0 bridgehead atoms. The molecule has 2 aliphatic rings. The topological polar surface area (TPSA) is 79.2 Å². The van der Waals surface area contributed by atoms with Gasteiger partial charge in [-0.25, -0.2) is 4.79 Å². The lowest BCUT2D eigenvalue weighted by Gasteiger charge is -2.33. The standard InChI is InChI=1S/C15H21N3O3S/c1-15(2,11-4-7-22-8-5-11)13(19)18-6-3-10(9-18)12-16-14(20)21-17-12/h4,10H,3,5-9H2,1-2H3,(H,16,17,20). The fourth-order valence-corrected chi connectivity index (χ4v) is 4.06. The van der Waals surface area contributed by atoms with Gasteiger partial charge in [-0.3, -0.25) is 14.3 Å². The van der Waals surface area contributed by atoms with Crippen LogP contribution in [-0.4, -0.2) is 45.5 Å². The van der Waals surface area contributed by atoms with E-state index in [1.807, 2.05) is 30.5 Å². The predicted octanol–water partition coefficient (Wildman–Crippen LogP) is 1.77. The van der Waals surface area contributed by atoms with Crippen molar-refractivity contribution in [3.8, 4) is 0 Å². The molecular formula is C15H21N3O3S. The molecule has 3 heterocycles. The van der Waals surface area contributed by atoms with Gasteiger partial charge in [-0.1, -0.05) is 16.8 Å². The minimum atomic E-state index is -0.537. The number of hydrogen-bond donors (Lipinski definition) is 1. The van der Waals surface area contributed by atoms with Gasteiger partial charge in [-0.2, -0.15) is 11.8 Å². The second kappa shape index (κ2) is 5.95. The zero-order chi connectivity index (χ0) is 15.7. The van der Waals surface area contributed by atoms with E-state index in [0.29, 0.717) is 18.9 Å². The molecule has 1 atom stereocenters. The Balaban J connectivity index is 1.70. The van der Waals surface area contributed by atoms with Crippen LogP contribution in [0.3, 0.4) is 0 Å². The lowest BCUT2D eigenvalue weighted by atomic mass is 9.81. The van der Waals surface area contributed by atoms with Crippen molar-refractivity contribution in [2.24, 2.45) is 5.41 Å². The molecule has 0 saturated carbocycles. The maximum Gasteiger partial charge on any atom is 0.438 e. The van der Waals surface area contributed by atoms with Crippen LogP contribution in [0.1, 0.15) is 38.4 Å². The quantitative estimate of drug-likeness (QED) is 0.858. The Morgan fingerprint density at radius 3 is 3.00 bits per heavy atom. The minimum absolute atomic E-state index is 0.0575. The Kier molecular flexibility index (Phi) is 4.16. The molecule has 1 aromatic heterocycles. The third-order valence-electron chi connectivity index (χ3n) is 4.62. The third-order valence-corrected chi connectivity index (χ3v) is 5.52. The number of carbonyl (C=O) groups is 1. The summed E-state index contributed by atoms with van der Waals surface area (Å²) in [5, 5.41) is 3.75. The van der Waals surface area contributed by atoms with Gasteiger partial charge < -0.3 is 4.90 Å². The molecule has 1 saturated heterocycles. The van der Waals surface area contributed by atoms with Crippen LogP contribution in [0.15, 0.2) is 21.0 Å². The average molecular weight is 323 g/mol. The summed E-state index contributed by atoms with van der Waals surface area (Å²) in [6.07, 6.45) is 3.99. The van der Waals surface area contributed by atoms with E-state index in [9.17, 15) is 9.59 Å². The number of carbonyl (C=O) groups excluding carboxylic acids is 1. The maximum absolute atomic E-state index is 12.9. The SMILES string of the molecule is CC(C)(C(=O)N1CCC(c2noc(=O)[nH]2)C1)C1=CCSCC1. The van der Waals surface area contributed by atoms with E-state index < -0.39 is 11.2 Å². The van der Waals surface area contributed by atoms with Crippen molar-refractivity contribution in [2.75, 3.05) is 24.6 Å². The number of rotatable bonds is 3. The molecule has 0 radical (unpaired) electrons. The summed E-state index contributed by atoms with van der Waals surface area (Å²) < 4.78 is 4.56. The molecule has 1 fully saturated rings. The van der Waals surface area contributed by atoms with Crippen LogP contribution in [0.25, 0.3) is 0 Å². The smallest absolute Gasteiger partial charge is 0.341 e. The summed E-state index contributed by atoms with van der Waals surface area (Å²) >= 11 is 1.91. The molecule has 1 N–H and O–H groups in total. The number of hydrogen-bond acceptors (Lipinski definition) is 5. The Labute approximate surface area is 133 Å². The Morgan fingerprint density at radius 1 is 1.55 bits per heavy atom. The summed E-state index contributed by atoms with van der Waals surface area (Å²) in [5.41, 5.74) is 0.794. The highest BCUT2D eigenvalue weighted by atomic mass is 32.2. The van der Waals surface area contributed by atoms with Crippen molar-refractivity contribution < 1.29 is 9.32 Å². The van der Waals surface area contributed by atoms with Gasteiger partial charge in [0.25, 0.3) is 0 Å². The fourth-order valence-electron chi connectivity index (χ4n) is 3.21. The van der Waals surface area contributed by atoms with E-state index in [4.69, 9.17) is 0 Å².